The first kappa shape index (κ1) is 16.0. The van der Waals surface area contributed by atoms with Crippen LogP contribution in [0.1, 0.15) is 30.0 Å². The zero-order valence-electron chi connectivity index (χ0n) is 13.0. The molecule has 1 aromatic rings. The van der Waals surface area contributed by atoms with Gasteiger partial charge in [-0.2, -0.15) is 0 Å². The summed E-state index contributed by atoms with van der Waals surface area (Å²) in [6.45, 7) is 9.21. The third-order valence-corrected chi connectivity index (χ3v) is 3.63. The molecule has 0 saturated heterocycles. The first-order valence-corrected chi connectivity index (χ1v) is 7.00. The summed E-state index contributed by atoms with van der Waals surface area (Å²) < 4.78 is 5.51. The molecule has 3 nitrogen and oxygen atoms in total. The van der Waals surface area contributed by atoms with Crippen LogP contribution in [0.4, 0.5) is 0 Å². The van der Waals surface area contributed by atoms with Gasteiger partial charge in [0.2, 0.25) is 0 Å². The number of hydrogen-bond donors (Lipinski definition) is 1. The highest BCUT2D eigenvalue weighted by Gasteiger charge is 2.11. The van der Waals surface area contributed by atoms with Crippen molar-refractivity contribution in [1.29, 1.82) is 0 Å². The SMILES string of the molecule is COc1cc(C)cc(C)c1CN(C)CCC(C)CN. The third-order valence-electron chi connectivity index (χ3n) is 3.63. The largest absolute Gasteiger partial charge is 0.496 e. The van der Waals surface area contributed by atoms with Crippen molar-refractivity contribution < 1.29 is 4.74 Å². The van der Waals surface area contributed by atoms with Crippen LogP contribution < -0.4 is 10.5 Å². The Kier molecular flexibility index (Phi) is 6.32. The second kappa shape index (κ2) is 7.51. The molecular formula is C16H28N2O. The third kappa shape index (κ3) is 4.84. The zero-order chi connectivity index (χ0) is 14.4. The summed E-state index contributed by atoms with van der Waals surface area (Å²) in [5, 5.41) is 0. The molecule has 0 aliphatic rings. The van der Waals surface area contributed by atoms with Crippen molar-refractivity contribution in [2.24, 2.45) is 11.7 Å². The van der Waals surface area contributed by atoms with Gasteiger partial charge in [-0.3, -0.25) is 0 Å². The molecule has 0 spiro atoms. The summed E-state index contributed by atoms with van der Waals surface area (Å²) in [6, 6.07) is 4.33. The zero-order valence-corrected chi connectivity index (χ0v) is 13.0. The van der Waals surface area contributed by atoms with Crippen molar-refractivity contribution in [3.63, 3.8) is 0 Å². The van der Waals surface area contributed by atoms with E-state index in [1.807, 2.05) is 0 Å². The normalized spacial score (nSPS) is 12.8. The summed E-state index contributed by atoms with van der Waals surface area (Å²) in [5.74, 6) is 1.58. The highest BCUT2D eigenvalue weighted by atomic mass is 16.5. The van der Waals surface area contributed by atoms with E-state index in [4.69, 9.17) is 10.5 Å². The lowest BCUT2D eigenvalue weighted by Crippen LogP contribution is -2.23. The molecule has 0 bridgehead atoms. The van der Waals surface area contributed by atoms with Crippen molar-refractivity contribution in [2.75, 3.05) is 27.2 Å². The summed E-state index contributed by atoms with van der Waals surface area (Å²) in [4.78, 5) is 2.34. The van der Waals surface area contributed by atoms with Crippen molar-refractivity contribution >= 4 is 0 Å². The van der Waals surface area contributed by atoms with Gasteiger partial charge in [-0.15, -0.1) is 0 Å². The standard InChI is InChI=1S/C16H28N2O/c1-12(10-17)6-7-18(4)11-15-14(3)8-13(2)9-16(15)19-5/h8-9,12H,6-7,10-11,17H2,1-5H3. The molecule has 0 fully saturated rings. The number of hydrogen-bond acceptors (Lipinski definition) is 3. The summed E-state index contributed by atoms with van der Waals surface area (Å²) in [7, 11) is 3.90. The van der Waals surface area contributed by atoms with Crippen LogP contribution in [0.25, 0.3) is 0 Å². The van der Waals surface area contributed by atoms with Gasteiger partial charge in [0.15, 0.2) is 0 Å². The number of benzene rings is 1. The van der Waals surface area contributed by atoms with Gasteiger partial charge < -0.3 is 15.4 Å². The molecule has 3 heteroatoms. The highest BCUT2D eigenvalue weighted by Crippen LogP contribution is 2.25. The summed E-state index contributed by atoms with van der Waals surface area (Å²) in [5.41, 5.74) is 9.50. The second-order valence-corrected chi connectivity index (χ2v) is 5.63. The van der Waals surface area contributed by atoms with Gasteiger partial charge in [-0.1, -0.05) is 13.0 Å². The number of nitrogens with zero attached hydrogens (tertiary/aromatic N) is 1. The van der Waals surface area contributed by atoms with Gasteiger partial charge in [-0.05, 0) is 63.5 Å². The second-order valence-electron chi connectivity index (χ2n) is 5.63. The lowest BCUT2D eigenvalue weighted by atomic mass is 10.0. The van der Waals surface area contributed by atoms with E-state index in [1.54, 1.807) is 7.11 Å². The van der Waals surface area contributed by atoms with E-state index in [0.717, 1.165) is 31.8 Å². The highest BCUT2D eigenvalue weighted by molar-refractivity contribution is 5.42. The smallest absolute Gasteiger partial charge is 0.123 e. The Morgan fingerprint density at radius 3 is 2.58 bits per heavy atom. The minimum absolute atomic E-state index is 0.587. The molecule has 0 saturated carbocycles. The number of rotatable bonds is 7. The Morgan fingerprint density at radius 2 is 2.00 bits per heavy atom. The number of methoxy groups -OCH3 is 1. The Bertz CT molecular complexity index is 404. The van der Waals surface area contributed by atoms with E-state index in [1.165, 1.54) is 16.7 Å². The van der Waals surface area contributed by atoms with E-state index in [-0.39, 0.29) is 0 Å². The van der Waals surface area contributed by atoms with Crippen molar-refractivity contribution in [3.8, 4) is 5.75 Å². The summed E-state index contributed by atoms with van der Waals surface area (Å²) in [6.07, 6.45) is 1.14. The van der Waals surface area contributed by atoms with E-state index in [0.29, 0.717) is 5.92 Å². The average Bonchev–Trinajstić information content (AvgIpc) is 2.38. The fraction of sp³-hybridized carbons (Fsp3) is 0.625. The van der Waals surface area contributed by atoms with Gasteiger partial charge in [0, 0.05) is 12.1 Å². The quantitative estimate of drug-likeness (QED) is 0.823. The molecule has 1 atom stereocenters. The predicted molar refractivity (Wildman–Crippen MR) is 81.6 cm³/mol. The van der Waals surface area contributed by atoms with Crippen molar-refractivity contribution in [1.82, 2.24) is 4.90 Å². The maximum atomic E-state index is 5.66. The lowest BCUT2D eigenvalue weighted by molar-refractivity contribution is 0.293. The first-order chi connectivity index (χ1) is 8.97. The Balaban J connectivity index is 2.70. The fourth-order valence-electron chi connectivity index (χ4n) is 2.25. The van der Waals surface area contributed by atoms with Crippen LogP contribution in [0.5, 0.6) is 5.75 Å². The van der Waals surface area contributed by atoms with Gasteiger partial charge in [0.25, 0.3) is 0 Å². The predicted octanol–water partition coefficient (Wildman–Crippen LogP) is 2.73. The molecule has 1 rings (SSSR count). The molecule has 0 aliphatic heterocycles. The molecule has 1 unspecified atom stereocenters. The molecule has 0 radical (unpaired) electrons. The monoisotopic (exact) mass is 264 g/mol. The summed E-state index contributed by atoms with van der Waals surface area (Å²) >= 11 is 0. The number of aryl methyl sites for hydroxylation is 2. The Hall–Kier alpha value is -1.06. The molecular weight excluding hydrogens is 236 g/mol. The van der Waals surface area contributed by atoms with Gasteiger partial charge in [-0.25, -0.2) is 0 Å². The molecule has 0 aromatic heterocycles. The van der Waals surface area contributed by atoms with Crippen LogP contribution in [-0.2, 0) is 6.54 Å². The van der Waals surface area contributed by atoms with Crippen molar-refractivity contribution in [3.05, 3.63) is 28.8 Å². The average molecular weight is 264 g/mol. The number of ether oxygens (including phenoxy) is 1. The fourth-order valence-corrected chi connectivity index (χ4v) is 2.25. The van der Waals surface area contributed by atoms with Crippen LogP contribution in [0, 0.1) is 19.8 Å². The van der Waals surface area contributed by atoms with Crippen LogP contribution in [0.2, 0.25) is 0 Å². The van der Waals surface area contributed by atoms with Crippen molar-refractivity contribution in [2.45, 2.75) is 33.7 Å². The minimum atomic E-state index is 0.587. The van der Waals surface area contributed by atoms with Gasteiger partial charge in [0.1, 0.15) is 5.75 Å². The topological polar surface area (TPSA) is 38.5 Å². The van der Waals surface area contributed by atoms with E-state index < -0.39 is 0 Å². The molecule has 108 valence electrons. The molecule has 19 heavy (non-hydrogen) atoms. The molecule has 0 heterocycles. The molecule has 0 amide bonds. The number of nitrogens with two attached hydrogens (primary N) is 1. The Labute approximate surface area is 117 Å². The lowest BCUT2D eigenvalue weighted by Gasteiger charge is -2.21. The van der Waals surface area contributed by atoms with Crippen LogP contribution >= 0.6 is 0 Å². The molecule has 1 aromatic carbocycles. The molecule has 2 N–H and O–H groups in total. The van der Waals surface area contributed by atoms with Crippen LogP contribution in [0.15, 0.2) is 12.1 Å². The van der Waals surface area contributed by atoms with Gasteiger partial charge in [0.05, 0.1) is 7.11 Å². The molecule has 0 aliphatic carbocycles. The van der Waals surface area contributed by atoms with E-state index in [2.05, 4.69) is 44.9 Å². The maximum absolute atomic E-state index is 5.66. The van der Waals surface area contributed by atoms with Gasteiger partial charge >= 0.3 is 0 Å². The first-order valence-electron chi connectivity index (χ1n) is 7.00. The Morgan fingerprint density at radius 1 is 1.32 bits per heavy atom. The van der Waals surface area contributed by atoms with E-state index >= 15 is 0 Å². The maximum Gasteiger partial charge on any atom is 0.123 e. The van der Waals surface area contributed by atoms with E-state index in [9.17, 15) is 0 Å². The van der Waals surface area contributed by atoms with Crippen LogP contribution in [-0.4, -0.2) is 32.1 Å². The minimum Gasteiger partial charge on any atom is -0.496 e. The van der Waals surface area contributed by atoms with Crippen LogP contribution in [0.3, 0.4) is 0 Å².